The number of hydrogen-bond donors (Lipinski definition) is 2. The number of aliphatic hydroxyl groups is 1. The van der Waals surface area contributed by atoms with Crippen LogP contribution in [0.1, 0.15) is 21.0 Å². The van der Waals surface area contributed by atoms with Crippen molar-refractivity contribution in [2.75, 3.05) is 19.8 Å². The molecule has 0 radical (unpaired) electrons. The molecule has 0 bridgehead atoms. The van der Waals surface area contributed by atoms with Gasteiger partial charge in [-0.1, -0.05) is 0 Å². The number of thiophene rings is 1. The third-order valence-corrected chi connectivity index (χ3v) is 2.94. The maximum atomic E-state index is 11.3. The van der Waals surface area contributed by atoms with Crippen LogP contribution in [-0.4, -0.2) is 30.8 Å². The number of hydrogen-bond acceptors (Lipinski definition) is 5. The van der Waals surface area contributed by atoms with E-state index in [1.807, 2.05) is 6.07 Å². The molecule has 0 aliphatic heterocycles. The van der Waals surface area contributed by atoms with E-state index in [2.05, 4.69) is 0 Å². The maximum absolute atomic E-state index is 11.3. The van der Waals surface area contributed by atoms with E-state index >= 15 is 0 Å². The third kappa shape index (κ3) is 3.99. The summed E-state index contributed by atoms with van der Waals surface area (Å²) in [5.41, 5.74) is 5.39. The molecule has 3 N–H and O–H groups in total. The van der Waals surface area contributed by atoms with Crippen LogP contribution in [0.15, 0.2) is 12.1 Å². The largest absolute Gasteiger partial charge is 0.459 e. The predicted octanol–water partition coefficient (Wildman–Crippen LogP) is 0.789. The number of aliphatic hydroxyl groups excluding tert-OH is 1. The number of ether oxygens (including phenoxy) is 1. The van der Waals surface area contributed by atoms with Gasteiger partial charge in [0.2, 0.25) is 0 Å². The summed E-state index contributed by atoms with van der Waals surface area (Å²) in [5, 5.41) is 8.50. The lowest BCUT2D eigenvalue weighted by molar-refractivity contribution is 0.0439. The second-order valence-corrected chi connectivity index (χ2v) is 4.19. The highest BCUT2D eigenvalue weighted by atomic mass is 32.1. The third-order valence-electron chi connectivity index (χ3n) is 1.81. The van der Waals surface area contributed by atoms with Gasteiger partial charge in [-0.25, -0.2) is 4.79 Å². The van der Waals surface area contributed by atoms with Crippen molar-refractivity contribution in [2.24, 2.45) is 5.73 Å². The lowest BCUT2D eigenvalue weighted by atomic mass is 10.3. The summed E-state index contributed by atoms with van der Waals surface area (Å²) >= 11 is 1.42. The first-order valence-electron chi connectivity index (χ1n) is 4.84. The molecule has 0 fully saturated rings. The number of esters is 1. The van der Waals surface area contributed by atoms with Crippen molar-refractivity contribution in [1.82, 2.24) is 0 Å². The molecule has 0 aliphatic carbocycles. The lowest BCUT2D eigenvalue weighted by Gasteiger charge is -1.98. The number of aryl methyl sites for hydroxylation is 1. The molecular formula is C10H15NO3S. The van der Waals surface area contributed by atoms with Crippen LogP contribution in [0.5, 0.6) is 0 Å². The minimum Gasteiger partial charge on any atom is -0.459 e. The minimum atomic E-state index is -0.368. The van der Waals surface area contributed by atoms with Crippen molar-refractivity contribution in [3.63, 3.8) is 0 Å². The van der Waals surface area contributed by atoms with Crippen LogP contribution in [-0.2, 0) is 11.2 Å². The van der Waals surface area contributed by atoms with Crippen molar-refractivity contribution in [3.05, 3.63) is 21.9 Å². The Bertz CT molecular complexity index is 311. The first-order chi connectivity index (χ1) is 7.27. The number of nitrogens with two attached hydrogens (primary N) is 1. The Morgan fingerprint density at radius 2 is 2.33 bits per heavy atom. The molecule has 0 saturated carbocycles. The maximum Gasteiger partial charge on any atom is 0.348 e. The molecule has 0 unspecified atom stereocenters. The van der Waals surface area contributed by atoms with Gasteiger partial charge in [0.1, 0.15) is 11.5 Å². The summed E-state index contributed by atoms with van der Waals surface area (Å²) in [7, 11) is 0. The summed E-state index contributed by atoms with van der Waals surface area (Å²) in [6, 6.07) is 3.66. The van der Waals surface area contributed by atoms with Gasteiger partial charge in [0, 0.05) is 4.88 Å². The normalized spacial score (nSPS) is 10.3. The van der Waals surface area contributed by atoms with Gasteiger partial charge < -0.3 is 15.6 Å². The van der Waals surface area contributed by atoms with Gasteiger partial charge in [-0.2, -0.15) is 0 Å². The summed E-state index contributed by atoms with van der Waals surface area (Å²) < 4.78 is 4.79. The zero-order valence-electron chi connectivity index (χ0n) is 8.44. The molecule has 0 aliphatic rings. The van der Waals surface area contributed by atoms with Crippen molar-refractivity contribution >= 4 is 17.3 Å². The number of carbonyl (C=O) groups is 1. The first kappa shape index (κ1) is 12.2. The van der Waals surface area contributed by atoms with E-state index in [4.69, 9.17) is 15.6 Å². The summed E-state index contributed by atoms with van der Waals surface area (Å²) in [4.78, 5) is 13.1. The molecule has 0 atom stereocenters. The van der Waals surface area contributed by atoms with Crippen LogP contribution in [0.4, 0.5) is 0 Å². The van der Waals surface area contributed by atoms with E-state index in [0.29, 0.717) is 11.4 Å². The standard InChI is InChI=1S/C10H15NO3S/c11-5-1-2-8-3-4-9(15-8)10(13)14-7-6-12/h3-4,12H,1-2,5-7,11H2. The van der Waals surface area contributed by atoms with Gasteiger partial charge in [0.25, 0.3) is 0 Å². The Kier molecular flexibility index (Phi) is 5.31. The molecule has 0 spiro atoms. The molecule has 5 heteroatoms. The van der Waals surface area contributed by atoms with Gasteiger partial charge >= 0.3 is 5.97 Å². The van der Waals surface area contributed by atoms with Crippen LogP contribution < -0.4 is 5.73 Å². The average Bonchev–Trinajstić information content (AvgIpc) is 2.71. The SMILES string of the molecule is NCCCc1ccc(C(=O)OCCO)s1. The van der Waals surface area contributed by atoms with E-state index in [1.165, 1.54) is 11.3 Å². The quantitative estimate of drug-likeness (QED) is 0.707. The van der Waals surface area contributed by atoms with Gasteiger partial charge in [0.05, 0.1) is 6.61 Å². The molecule has 15 heavy (non-hydrogen) atoms. The summed E-state index contributed by atoms with van der Waals surface area (Å²) in [5.74, 6) is -0.368. The summed E-state index contributed by atoms with van der Waals surface area (Å²) in [6.07, 6.45) is 1.82. The van der Waals surface area contributed by atoms with E-state index < -0.39 is 0 Å². The highest BCUT2D eigenvalue weighted by Crippen LogP contribution is 2.18. The van der Waals surface area contributed by atoms with E-state index in [9.17, 15) is 4.79 Å². The number of carbonyl (C=O) groups excluding carboxylic acids is 1. The van der Waals surface area contributed by atoms with Crippen LogP contribution in [0.25, 0.3) is 0 Å². The second kappa shape index (κ2) is 6.55. The monoisotopic (exact) mass is 229 g/mol. The van der Waals surface area contributed by atoms with Crippen LogP contribution in [0, 0.1) is 0 Å². The van der Waals surface area contributed by atoms with Crippen LogP contribution in [0.2, 0.25) is 0 Å². The van der Waals surface area contributed by atoms with E-state index in [0.717, 1.165) is 17.7 Å². The Morgan fingerprint density at radius 1 is 1.53 bits per heavy atom. The molecule has 0 saturated heterocycles. The highest BCUT2D eigenvalue weighted by molar-refractivity contribution is 7.13. The molecule has 1 aromatic heterocycles. The lowest BCUT2D eigenvalue weighted by Crippen LogP contribution is -2.06. The second-order valence-electron chi connectivity index (χ2n) is 3.02. The fourth-order valence-electron chi connectivity index (χ4n) is 1.11. The summed E-state index contributed by atoms with van der Waals surface area (Å²) in [6.45, 7) is 0.564. The molecule has 1 aromatic rings. The fourth-order valence-corrected chi connectivity index (χ4v) is 2.05. The molecular weight excluding hydrogens is 214 g/mol. The Morgan fingerprint density at radius 3 is 3.00 bits per heavy atom. The molecule has 1 heterocycles. The van der Waals surface area contributed by atoms with Gasteiger partial charge in [-0.05, 0) is 31.5 Å². The van der Waals surface area contributed by atoms with Gasteiger partial charge in [-0.15, -0.1) is 11.3 Å². The fraction of sp³-hybridized carbons (Fsp3) is 0.500. The molecule has 0 aromatic carbocycles. The topological polar surface area (TPSA) is 72.6 Å². The molecule has 4 nitrogen and oxygen atoms in total. The first-order valence-corrected chi connectivity index (χ1v) is 5.66. The van der Waals surface area contributed by atoms with Crippen molar-refractivity contribution in [1.29, 1.82) is 0 Å². The van der Waals surface area contributed by atoms with Crippen molar-refractivity contribution < 1.29 is 14.6 Å². The molecule has 84 valence electrons. The van der Waals surface area contributed by atoms with Gasteiger partial charge in [-0.3, -0.25) is 0 Å². The van der Waals surface area contributed by atoms with Crippen molar-refractivity contribution in [3.8, 4) is 0 Å². The predicted molar refractivity (Wildman–Crippen MR) is 59.1 cm³/mol. The van der Waals surface area contributed by atoms with E-state index in [-0.39, 0.29) is 19.2 Å². The van der Waals surface area contributed by atoms with Crippen LogP contribution >= 0.6 is 11.3 Å². The van der Waals surface area contributed by atoms with Crippen LogP contribution in [0.3, 0.4) is 0 Å². The Hall–Kier alpha value is -0.910. The van der Waals surface area contributed by atoms with Gasteiger partial charge in [0.15, 0.2) is 0 Å². The number of rotatable bonds is 6. The zero-order chi connectivity index (χ0) is 11.1. The molecule has 0 amide bonds. The molecule has 1 rings (SSSR count). The smallest absolute Gasteiger partial charge is 0.348 e. The average molecular weight is 229 g/mol. The highest BCUT2D eigenvalue weighted by Gasteiger charge is 2.09. The zero-order valence-corrected chi connectivity index (χ0v) is 9.26. The Labute approximate surface area is 92.7 Å². The van der Waals surface area contributed by atoms with E-state index in [1.54, 1.807) is 6.07 Å². The minimum absolute atomic E-state index is 0.0505. The van der Waals surface area contributed by atoms with Crippen molar-refractivity contribution in [2.45, 2.75) is 12.8 Å². The Balaban J connectivity index is 2.47.